The molecule has 8 rings (SSSR count). The lowest BCUT2D eigenvalue weighted by molar-refractivity contribution is -0.135. The molecule has 10 nitrogen and oxygen atoms in total. The van der Waals surface area contributed by atoms with E-state index in [4.69, 9.17) is 9.05 Å². The van der Waals surface area contributed by atoms with Gasteiger partial charge >= 0.3 is 7.05 Å². The summed E-state index contributed by atoms with van der Waals surface area (Å²) in [4.78, 5) is 25.7. The summed E-state index contributed by atoms with van der Waals surface area (Å²) in [6.07, 6.45) is 12.9. The fourth-order valence-corrected chi connectivity index (χ4v) is 9.19. The average molecular weight is 622 g/mol. The number of aromatic nitrogens is 2. The van der Waals surface area contributed by atoms with Gasteiger partial charge in [0.1, 0.15) is 23.1 Å². The lowest BCUT2D eigenvalue weighted by Crippen LogP contribution is -2.48. The minimum atomic E-state index is -0.438. The molecule has 6 aliphatic rings. The van der Waals surface area contributed by atoms with Crippen molar-refractivity contribution in [3.8, 4) is 0 Å². The van der Waals surface area contributed by atoms with E-state index >= 15 is 0 Å². The van der Waals surface area contributed by atoms with Crippen LogP contribution in [0.5, 0.6) is 0 Å². The number of ketones is 2. The van der Waals surface area contributed by atoms with Crippen molar-refractivity contribution in [2.45, 2.75) is 115 Å². The third-order valence-electron chi connectivity index (χ3n) is 12.3. The number of fused-ring (bicyclic) bond motifs is 4. The van der Waals surface area contributed by atoms with Crippen molar-refractivity contribution in [1.29, 1.82) is 0 Å². The number of rotatable bonds is 2. The van der Waals surface area contributed by atoms with Gasteiger partial charge in [0, 0.05) is 27.4 Å². The van der Waals surface area contributed by atoms with Gasteiger partial charge in [-0.3, -0.25) is 9.59 Å². The fraction of sp³-hybridized carbons (Fsp3) is 0.765. The molecule has 0 bridgehead atoms. The molecule has 3 saturated heterocycles. The standard InChI is InChI=1S/C12H20BNO3.2C11H16N2O/c1-9(15)10-3-4-12(11(10)16)5-7-14(8-6-12)13(2)17;1-8-9-2-3-11(10(9)13-14-8)4-6-12-7-5-11;1-8-9-2-3-11(10(9)14-13-8)4-6-12-7-5-11/h10,17H,3-8H2,1-2H3;2*12H,2-7H2,1H3. The summed E-state index contributed by atoms with van der Waals surface area (Å²) in [5.41, 5.74) is 5.60. The number of Topliss-reactive ketones (excluding diaryl/α,β-unsaturated/α-hetero) is 2. The van der Waals surface area contributed by atoms with Gasteiger partial charge in [-0.1, -0.05) is 10.3 Å². The van der Waals surface area contributed by atoms with Gasteiger partial charge in [-0.05, 0) is 144 Å². The van der Waals surface area contributed by atoms with Gasteiger partial charge in [0.15, 0.2) is 0 Å². The highest BCUT2D eigenvalue weighted by Crippen LogP contribution is 2.48. The molecule has 2 aromatic rings. The molecule has 0 aromatic carbocycles. The molecule has 0 amide bonds. The van der Waals surface area contributed by atoms with E-state index in [0.717, 1.165) is 76.4 Å². The van der Waals surface area contributed by atoms with Gasteiger partial charge in [-0.15, -0.1) is 0 Å². The normalized spacial score (nSPS) is 25.8. The summed E-state index contributed by atoms with van der Waals surface area (Å²) in [7, 11) is -0.438. The third-order valence-corrected chi connectivity index (χ3v) is 12.3. The van der Waals surface area contributed by atoms with Crippen molar-refractivity contribution < 1.29 is 23.7 Å². The average Bonchev–Trinajstić information content (AvgIpc) is 3.84. The molecule has 2 aromatic heterocycles. The second-order valence-electron chi connectivity index (χ2n) is 14.7. The molecule has 11 heteroatoms. The third kappa shape index (κ3) is 6.10. The van der Waals surface area contributed by atoms with Crippen molar-refractivity contribution >= 4 is 18.6 Å². The number of carbonyl (C=O) groups excluding carboxylic acids is 2. The van der Waals surface area contributed by atoms with Crippen molar-refractivity contribution in [3.05, 3.63) is 34.0 Å². The molecule has 1 saturated carbocycles. The van der Waals surface area contributed by atoms with E-state index in [9.17, 15) is 14.6 Å². The van der Waals surface area contributed by atoms with E-state index in [0.29, 0.717) is 10.8 Å². The van der Waals surface area contributed by atoms with Crippen LogP contribution in [0.2, 0.25) is 6.82 Å². The van der Waals surface area contributed by atoms with Crippen LogP contribution in [0.3, 0.4) is 0 Å². The maximum atomic E-state index is 12.3. The molecule has 3 aliphatic carbocycles. The molecule has 45 heavy (non-hydrogen) atoms. The summed E-state index contributed by atoms with van der Waals surface area (Å²) in [6.45, 7) is 13.4. The number of carbonyl (C=O) groups is 2. The molecule has 1 unspecified atom stereocenters. The van der Waals surface area contributed by atoms with Crippen LogP contribution in [0.25, 0.3) is 0 Å². The Labute approximate surface area is 267 Å². The van der Waals surface area contributed by atoms with E-state index in [1.165, 1.54) is 80.9 Å². The molecule has 3 aliphatic heterocycles. The first-order chi connectivity index (χ1) is 21.6. The van der Waals surface area contributed by atoms with E-state index < -0.39 is 7.05 Å². The Balaban J connectivity index is 0.000000120. The highest BCUT2D eigenvalue weighted by molar-refractivity contribution is 6.45. The maximum absolute atomic E-state index is 12.3. The number of hydrogen-bond donors (Lipinski definition) is 3. The zero-order valence-corrected chi connectivity index (χ0v) is 27.8. The van der Waals surface area contributed by atoms with Crippen LogP contribution in [-0.2, 0) is 33.3 Å². The monoisotopic (exact) mass is 621 g/mol. The van der Waals surface area contributed by atoms with Gasteiger partial charge in [-0.2, -0.15) is 0 Å². The van der Waals surface area contributed by atoms with Crippen molar-refractivity contribution in [2.24, 2.45) is 11.3 Å². The topological polar surface area (TPSA) is 134 Å². The van der Waals surface area contributed by atoms with Crippen LogP contribution >= 0.6 is 0 Å². The Hall–Kier alpha value is -2.34. The first-order valence-corrected chi connectivity index (χ1v) is 17.4. The zero-order chi connectivity index (χ0) is 31.8. The summed E-state index contributed by atoms with van der Waals surface area (Å²) in [5, 5.41) is 24.7. The second-order valence-corrected chi connectivity index (χ2v) is 14.7. The number of piperidine rings is 3. The van der Waals surface area contributed by atoms with E-state index in [-0.39, 0.29) is 22.9 Å². The zero-order valence-electron chi connectivity index (χ0n) is 27.8. The van der Waals surface area contributed by atoms with Crippen LogP contribution in [0.1, 0.15) is 105 Å². The predicted octanol–water partition coefficient (Wildman–Crippen LogP) is 3.85. The number of nitrogens with one attached hydrogen (secondary N) is 2. The minimum Gasteiger partial charge on any atom is -0.437 e. The molecule has 4 fully saturated rings. The number of aryl methyl sites for hydroxylation is 2. The quantitative estimate of drug-likeness (QED) is 0.336. The smallest absolute Gasteiger partial charge is 0.376 e. The summed E-state index contributed by atoms with van der Waals surface area (Å²) in [5.74, 6) is 2.07. The van der Waals surface area contributed by atoms with E-state index in [1.54, 1.807) is 6.82 Å². The van der Waals surface area contributed by atoms with Gasteiger partial charge in [0.25, 0.3) is 0 Å². The fourth-order valence-electron chi connectivity index (χ4n) is 9.19. The largest absolute Gasteiger partial charge is 0.437 e. The molecule has 246 valence electrons. The summed E-state index contributed by atoms with van der Waals surface area (Å²) in [6, 6.07) is 0. The van der Waals surface area contributed by atoms with Gasteiger partial charge < -0.3 is 29.5 Å². The Morgan fingerprint density at radius 1 is 0.844 bits per heavy atom. The second kappa shape index (κ2) is 13.0. The van der Waals surface area contributed by atoms with Crippen molar-refractivity contribution in [2.75, 3.05) is 39.3 Å². The first kappa shape index (κ1) is 32.6. The van der Waals surface area contributed by atoms with Crippen LogP contribution in [0.15, 0.2) is 9.05 Å². The molecule has 5 heterocycles. The predicted molar refractivity (Wildman–Crippen MR) is 172 cm³/mol. The van der Waals surface area contributed by atoms with Crippen LogP contribution in [0.4, 0.5) is 0 Å². The molecular formula is C34H52BN5O5. The van der Waals surface area contributed by atoms with E-state index in [1.807, 2.05) is 11.7 Å². The van der Waals surface area contributed by atoms with Crippen molar-refractivity contribution in [3.63, 3.8) is 0 Å². The van der Waals surface area contributed by atoms with Gasteiger partial charge in [0.05, 0.1) is 17.3 Å². The SMILES string of the molecule is CB(O)N1CCC2(CCC(C(C)=O)C2=O)CC1.Cc1noc2c1CCC21CCNCC1.Cc1onc2c1CCC21CCNCC1. The molecule has 0 radical (unpaired) electrons. The molecule has 3 spiro atoms. The van der Waals surface area contributed by atoms with Gasteiger partial charge in [0.2, 0.25) is 0 Å². The lowest BCUT2D eigenvalue weighted by Gasteiger charge is -2.38. The highest BCUT2D eigenvalue weighted by Gasteiger charge is 2.50. The summed E-state index contributed by atoms with van der Waals surface area (Å²) >= 11 is 0. The Morgan fingerprint density at radius 3 is 2.04 bits per heavy atom. The maximum Gasteiger partial charge on any atom is 0.376 e. The van der Waals surface area contributed by atoms with Gasteiger partial charge in [-0.25, -0.2) is 0 Å². The minimum absolute atomic E-state index is 0.0184. The molecule has 1 atom stereocenters. The Bertz CT molecular complexity index is 1290. The lowest BCUT2D eigenvalue weighted by atomic mass is 9.71. The number of nitrogens with zero attached hydrogens (tertiary/aromatic N) is 3. The molecular weight excluding hydrogens is 569 g/mol. The van der Waals surface area contributed by atoms with E-state index in [2.05, 4.69) is 27.9 Å². The first-order valence-electron chi connectivity index (χ1n) is 17.4. The highest BCUT2D eigenvalue weighted by atomic mass is 16.5. The Kier molecular flexibility index (Phi) is 9.45. The van der Waals surface area contributed by atoms with Crippen LogP contribution in [-0.4, -0.2) is 78.0 Å². The Morgan fingerprint density at radius 2 is 1.44 bits per heavy atom. The van der Waals surface area contributed by atoms with Crippen LogP contribution < -0.4 is 10.6 Å². The summed E-state index contributed by atoms with van der Waals surface area (Å²) < 4.78 is 10.8. The van der Waals surface area contributed by atoms with Crippen LogP contribution in [0, 0.1) is 25.2 Å². The van der Waals surface area contributed by atoms with Crippen molar-refractivity contribution in [1.82, 2.24) is 25.8 Å². The molecule has 3 N–H and O–H groups in total. The number of hydrogen-bond acceptors (Lipinski definition) is 10.